The number of amides is 1. The number of nitrogens with zero attached hydrogens (tertiary/aromatic N) is 1. The summed E-state index contributed by atoms with van der Waals surface area (Å²) in [5, 5.41) is 15.0. The number of nitrogens with two attached hydrogens (primary N) is 1. The molecule has 3 fully saturated rings. The first-order valence-corrected chi connectivity index (χ1v) is 7.29. The predicted octanol–water partition coefficient (Wildman–Crippen LogP) is 1.46. The van der Waals surface area contributed by atoms with Crippen LogP contribution >= 0.6 is 0 Å². The molecule has 0 atom stereocenters. The van der Waals surface area contributed by atoms with Crippen LogP contribution in [0.15, 0.2) is 5.16 Å². The average Bonchev–Trinajstić information content (AvgIpc) is 3.22. The lowest BCUT2D eigenvalue weighted by molar-refractivity contribution is -0.133. The summed E-state index contributed by atoms with van der Waals surface area (Å²) in [6.07, 6.45) is 6.49. The van der Waals surface area contributed by atoms with Gasteiger partial charge in [0, 0.05) is 6.54 Å². The largest absolute Gasteiger partial charge is 0.409 e. The van der Waals surface area contributed by atoms with Crippen LogP contribution in [-0.2, 0) is 4.79 Å². The third kappa shape index (κ3) is 1.99. The van der Waals surface area contributed by atoms with Crippen molar-refractivity contribution in [1.29, 1.82) is 0 Å². The molecule has 0 saturated heterocycles. The molecule has 0 bridgehead atoms. The van der Waals surface area contributed by atoms with E-state index >= 15 is 0 Å². The van der Waals surface area contributed by atoms with E-state index in [2.05, 4.69) is 17.4 Å². The van der Waals surface area contributed by atoms with Crippen LogP contribution < -0.4 is 11.1 Å². The molecule has 1 amide bonds. The minimum atomic E-state index is -0.756. The number of oxime groups is 1. The standard InChI is InChI=1S/C14H23N3O2/c1-9-6-14(7-9,11(15)17-19)12(18)16-8-13(4-5-13)10-2-3-10/h9-10,19H,2-8H2,1H3,(H2,15,17)(H,16,18). The second-order valence-corrected chi connectivity index (χ2v) is 6.90. The number of carbonyl (C=O) groups excluding carboxylic acids is 1. The summed E-state index contributed by atoms with van der Waals surface area (Å²) in [5.41, 5.74) is 5.37. The minimum absolute atomic E-state index is 0.0483. The molecule has 0 heterocycles. The van der Waals surface area contributed by atoms with Crippen molar-refractivity contribution >= 4 is 11.7 Å². The van der Waals surface area contributed by atoms with Crippen molar-refractivity contribution in [2.45, 2.75) is 45.4 Å². The van der Waals surface area contributed by atoms with E-state index in [1.165, 1.54) is 25.7 Å². The van der Waals surface area contributed by atoms with Crippen molar-refractivity contribution < 1.29 is 10.0 Å². The topological polar surface area (TPSA) is 87.7 Å². The molecule has 0 spiro atoms. The van der Waals surface area contributed by atoms with Gasteiger partial charge in [-0.25, -0.2) is 0 Å². The summed E-state index contributed by atoms with van der Waals surface area (Å²) in [5.74, 6) is 1.31. The highest BCUT2D eigenvalue weighted by Gasteiger charge is 2.56. The zero-order chi connectivity index (χ0) is 13.7. The Morgan fingerprint density at radius 2 is 2.05 bits per heavy atom. The van der Waals surface area contributed by atoms with Crippen LogP contribution in [0.2, 0.25) is 0 Å². The van der Waals surface area contributed by atoms with Gasteiger partial charge in [0.25, 0.3) is 0 Å². The smallest absolute Gasteiger partial charge is 0.233 e. The number of hydrogen-bond acceptors (Lipinski definition) is 3. The maximum Gasteiger partial charge on any atom is 0.233 e. The Balaban J connectivity index is 1.62. The van der Waals surface area contributed by atoms with Crippen molar-refractivity contribution in [3.8, 4) is 0 Å². The Kier molecular flexibility index (Phi) is 2.76. The summed E-state index contributed by atoms with van der Waals surface area (Å²) >= 11 is 0. The molecule has 0 aromatic carbocycles. The lowest BCUT2D eigenvalue weighted by Crippen LogP contribution is -2.57. The second-order valence-electron chi connectivity index (χ2n) is 6.90. The van der Waals surface area contributed by atoms with Crippen molar-refractivity contribution in [2.75, 3.05) is 6.54 Å². The normalized spacial score (nSPS) is 36.5. The van der Waals surface area contributed by atoms with Gasteiger partial charge in [-0.1, -0.05) is 12.1 Å². The summed E-state index contributed by atoms with van der Waals surface area (Å²) in [6.45, 7) is 2.86. The molecule has 3 aliphatic carbocycles. The summed E-state index contributed by atoms with van der Waals surface area (Å²) < 4.78 is 0. The fourth-order valence-corrected chi connectivity index (χ4v) is 3.75. The Morgan fingerprint density at radius 3 is 2.47 bits per heavy atom. The number of hydrogen-bond donors (Lipinski definition) is 3. The number of rotatable bonds is 5. The lowest BCUT2D eigenvalue weighted by atomic mass is 9.61. The van der Waals surface area contributed by atoms with E-state index < -0.39 is 5.41 Å². The molecule has 0 radical (unpaired) electrons. The van der Waals surface area contributed by atoms with E-state index in [1.807, 2.05) is 0 Å². The van der Waals surface area contributed by atoms with Gasteiger partial charge >= 0.3 is 0 Å². The van der Waals surface area contributed by atoms with Crippen LogP contribution in [0.3, 0.4) is 0 Å². The molecule has 19 heavy (non-hydrogen) atoms. The third-order valence-electron chi connectivity index (χ3n) is 5.36. The molecule has 3 rings (SSSR count). The molecule has 106 valence electrons. The van der Waals surface area contributed by atoms with Gasteiger partial charge in [0.2, 0.25) is 5.91 Å². The Hall–Kier alpha value is -1.26. The number of nitrogens with one attached hydrogen (secondary N) is 1. The third-order valence-corrected chi connectivity index (χ3v) is 5.36. The van der Waals surface area contributed by atoms with E-state index in [0.717, 1.165) is 12.5 Å². The van der Waals surface area contributed by atoms with Gasteiger partial charge in [0.05, 0.1) is 0 Å². The zero-order valence-electron chi connectivity index (χ0n) is 11.5. The Labute approximate surface area is 113 Å². The average molecular weight is 265 g/mol. The fraction of sp³-hybridized carbons (Fsp3) is 0.857. The van der Waals surface area contributed by atoms with Gasteiger partial charge in [0.15, 0.2) is 5.84 Å². The highest BCUT2D eigenvalue weighted by molar-refractivity contribution is 6.07. The first kappa shape index (κ1) is 12.8. The van der Waals surface area contributed by atoms with Crippen LogP contribution in [-0.4, -0.2) is 23.5 Å². The first-order valence-electron chi connectivity index (χ1n) is 7.29. The lowest BCUT2D eigenvalue weighted by Gasteiger charge is -2.43. The molecule has 4 N–H and O–H groups in total. The number of amidine groups is 1. The van der Waals surface area contributed by atoms with Gasteiger partial charge in [-0.3, -0.25) is 4.79 Å². The van der Waals surface area contributed by atoms with Crippen LogP contribution in [0, 0.1) is 22.7 Å². The van der Waals surface area contributed by atoms with Crippen molar-refractivity contribution in [1.82, 2.24) is 5.32 Å². The molecule has 5 nitrogen and oxygen atoms in total. The zero-order valence-corrected chi connectivity index (χ0v) is 11.5. The SMILES string of the molecule is CC1CC(C(=O)NCC2(C3CC3)CC2)(C(N)=NO)C1. The van der Waals surface area contributed by atoms with Gasteiger partial charge in [-0.15, -0.1) is 0 Å². The monoisotopic (exact) mass is 265 g/mol. The van der Waals surface area contributed by atoms with E-state index in [-0.39, 0.29) is 11.7 Å². The van der Waals surface area contributed by atoms with Gasteiger partial charge < -0.3 is 16.3 Å². The van der Waals surface area contributed by atoms with E-state index in [4.69, 9.17) is 10.9 Å². The van der Waals surface area contributed by atoms with Crippen LogP contribution in [0.1, 0.15) is 45.4 Å². The van der Waals surface area contributed by atoms with Crippen molar-refractivity contribution in [3.63, 3.8) is 0 Å². The maximum atomic E-state index is 12.4. The Bertz CT molecular complexity index is 418. The van der Waals surface area contributed by atoms with Crippen molar-refractivity contribution in [3.05, 3.63) is 0 Å². The predicted molar refractivity (Wildman–Crippen MR) is 71.6 cm³/mol. The molecular weight excluding hydrogens is 242 g/mol. The highest BCUT2D eigenvalue weighted by Crippen LogP contribution is 2.61. The van der Waals surface area contributed by atoms with Crippen LogP contribution in [0.4, 0.5) is 0 Å². The first-order chi connectivity index (χ1) is 9.02. The molecule has 3 saturated carbocycles. The van der Waals surface area contributed by atoms with Crippen LogP contribution in [0.5, 0.6) is 0 Å². The molecule has 0 aromatic rings. The molecular formula is C14H23N3O2. The number of carbonyl (C=O) groups is 1. The molecule has 0 aromatic heterocycles. The molecule has 3 aliphatic rings. The molecule has 5 heteroatoms. The summed E-state index contributed by atoms with van der Waals surface area (Å²) in [7, 11) is 0. The fourth-order valence-electron chi connectivity index (χ4n) is 3.75. The van der Waals surface area contributed by atoms with E-state index in [1.54, 1.807) is 0 Å². The minimum Gasteiger partial charge on any atom is -0.409 e. The quantitative estimate of drug-likeness (QED) is 0.304. The molecule has 0 aliphatic heterocycles. The van der Waals surface area contributed by atoms with Crippen LogP contribution in [0.25, 0.3) is 0 Å². The Morgan fingerprint density at radius 1 is 1.42 bits per heavy atom. The summed E-state index contributed by atoms with van der Waals surface area (Å²) in [6, 6.07) is 0. The van der Waals surface area contributed by atoms with Gasteiger partial charge in [0.1, 0.15) is 5.41 Å². The second kappa shape index (κ2) is 4.12. The summed E-state index contributed by atoms with van der Waals surface area (Å²) in [4.78, 5) is 12.4. The van der Waals surface area contributed by atoms with E-state index in [0.29, 0.717) is 24.2 Å². The van der Waals surface area contributed by atoms with Crippen molar-refractivity contribution in [2.24, 2.45) is 33.6 Å². The maximum absolute atomic E-state index is 12.4. The van der Waals surface area contributed by atoms with E-state index in [9.17, 15) is 4.79 Å². The highest BCUT2D eigenvalue weighted by atomic mass is 16.4. The van der Waals surface area contributed by atoms with Gasteiger partial charge in [-0.05, 0) is 55.8 Å². The van der Waals surface area contributed by atoms with Gasteiger partial charge in [-0.2, -0.15) is 0 Å². The molecule has 0 unspecified atom stereocenters.